The summed E-state index contributed by atoms with van der Waals surface area (Å²) in [5.41, 5.74) is 4.58. The molecule has 1 aliphatic carbocycles. The van der Waals surface area contributed by atoms with Crippen molar-refractivity contribution in [2.75, 3.05) is 6.54 Å². The molecule has 5 heteroatoms. The Morgan fingerprint density at radius 1 is 1.33 bits per heavy atom. The highest BCUT2D eigenvalue weighted by atomic mass is 16.1. The van der Waals surface area contributed by atoms with Gasteiger partial charge in [0, 0.05) is 30.4 Å². The molecule has 0 saturated heterocycles. The van der Waals surface area contributed by atoms with Gasteiger partial charge >= 0.3 is 0 Å². The molecule has 1 N–H and O–H groups in total. The number of allylic oxidation sites excluding steroid dienone is 1. The van der Waals surface area contributed by atoms with Crippen molar-refractivity contribution in [2.24, 2.45) is 0 Å². The number of amides is 1. The van der Waals surface area contributed by atoms with Gasteiger partial charge in [-0.25, -0.2) is 0 Å². The predicted molar refractivity (Wildman–Crippen MR) is 94.5 cm³/mol. The fourth-order valence-corrected chi connectivity index (χ4v) is 3.19. The molecule has 2 aromatic rings. The van der Waals surface area contributed by atoms with Crippen LogP contribution in [-0.4, -0.2) is 27.2 Å². The number of nitrogens with one attached hydrogen (secondary N) is 1. The topological polar surface area (TPSA) is 59.8 Å². The van der Waals surface area contributed by atoms with Gasteiger partial charge in [-0.3, -0.25) is 14.5 Å². The number of hydrogen-bond acceptors (Lipinski definition) is 3. The van der Waals surface area contributed by atoms with Crippen LogP contribution in [0, 0.1) is 0 Å². The van der Waals surface area contributed by atoms with Crippen LogP contribution >= 0.6 is 0 Å². The number of rotatable bonds is 7. The molecule has 0 bridgehead atoms. The molecule has 0 aromatic carbocycles. The van der Waals surface area contributed by atoms with Gasteiger partial charge in [-0.15, -0.1) is 6.58 Å². The van der Waals surface area contributed by atoms with Crippen molar-refractivity contribution < 1.29 is 4.79 Å². The fraction of sp³-hybridized carbons (Fsp3) is 0.421. The van der Waals surface area contributed by atoms with Gasteiger partial charge in [0.2, 0.25) is 5.91 Å². The molecule has 2 aromatic heterocycles. The van der Waals surface area contributed by atoms with E-state index in [1.807, 2.05) is 24.4 Å². The lowest BCUT2D eigenvalue weighted by Gasteiger charge is -2.14. The highest BCUT2D eigenvalue weighted by molar-refractivity contribution is 5.75. The third-order valence-electron chi connectivity index (χ3n) is 4.39. The largest absolute Gasteiger partial charge is 0.354 e. The van der Waals surface area contributed by atoms with Gasteiger partial charge in [0.25, 0.3) is 0 Å². The smallest absolute Gasteiger partial charge is 0.220 e. The molecule has 0 unspecified atom stereocenters. The van der Waals surface area contributed by atoms with Gasteiger partial charge in [-0.2, -0.15) is 5.10 Å². The van der Waals surface area contributed by atoms with E-state index in [0.29, 0.717) is 25.9 Å². The van der Waals surface area contributed by atoms with E-state index in [1.165, 1.54) is 24.1 Å². The summed E-state index contributed by atoms with van der Waals surface area (Å²) in [5.74, 6) is 0.0703. The Hall–Kier alpha value is -2.43. The summed E-state index contributed by atoms with van der Waals surface area (Å²) >= 11 is 0. The lowest BCUT2D eigenvalue weighted by Crippen LogP contribution is -2.27. The molecule has 0 atom stereocenters. The summed E-state index contributed by atoms with van der Waals surface area (Å²) in [7, 11) is 0. The SMILES string of the molecule is C=CCCC(=O)NCCn1nc(-c2ccccn2)c2c1CCCC2. The van der Waals surface area contributed by atoms with E-state index < -0.39 is 0 Å². The van der Waals surface area contributed by atoms with E-state index >= 15 is 0 Å². The summed E-state index contributed by atoms with van der Waals surface area (Å²) in [6.45, 7) is 4.95. The molecule has 5 nitrogen and oxygen atoms in total. The third kappa shape index (κ3) is 3.72. The van der Waals surface area contributed by atoms with Crippen molar-refractivity contribution >= 4 is 5.91 Å². The lowest BCUT2D eigenvalue weighted by atomic mass is 9.95. The zero-order valence-corrected chi connectivity index (χ0v) is 14.0. The molecular formula is C19H24N4O. The first-order chi connectivity index (χ1) is 11.8. The van der Waals surface area contributed by atoms with Crippen LogP contribution in [0.3, 0.4) is 0 Å². The van der Waals surface area contributed by atoms with Crippen molar-refractivity contribution in [3.63, 3.8) is 0 Å². The minimum absolute atomic E-state index is 0.0703. The first-order valence-electron chi connectivity index (χ1n) is 8.67. The number of hydrogen-bond donors (Lipinski definition) is 1. The number of fused-ring (bicyclic) bond motifs is 1. The molecule has 0 fully saturated rings. The second kappa shape index (κ2) is 7.90. The fourth-order valence-electron chi connectivity index (χ4n) is 3.19. The van der Waals surface area contributed by atoms with Crippen LogP contribution < -0.4 is 5.32 Å². The zero-order chi connectivity index (χ0) is 16.8. The highest BCUT2D eigenvalue weighted by Crippen LogP contribution is 2.30. The van der Waals surface area contributed by atoms with Gasteiger partial charge in [-0.05, 0) is 44.2 Å². The number of nitrogens with zero attached hydrogens (tertiary/aromatic N) is 3. The molecule has 3 rings (SSSR count). The predicted octanol–water partition coefficient (Wildman–Crippen LogP) is 2.91. The Kier molecular flexibility index (Phi) is 5.41. The maximum absolute atomic E-state index is 11.7. The molecule has 0 spiro atoms. The molecule has 24 heavy (non-hydrogen) atoms. The van der Waals surface area contributed by atoms with Crippen LogP contribution in [0.5, 0.6) is 0 Å². The van der Waals surface area contributed by atoms with Gasteiger partial charge in [0.15, 0.2) is 0 Å². The zero-order valence-electron chi connectivity index (χ0n) is 14.0. The van der Waals surface area contributed by atoms with Crippen LogP contribution in [0.25, 0.3) is 11.4 Å². The van der Waals surface area contributed by atoms with Gasteiger partial charge in [0.05, 0.1) is 12.2 Å². The van der Waals surface area contributed by atoms with E-state index in [9.17, 15) is 4.79 Å². The molecule has 1 amide bonds. The first-order valence-corrected chi connectivity index (χ1v) is 8.67. The van der Waals surface area contributed by atoms with Crippen LogP contribution in [0.2, 0.25) is 0 Å². The standard InChI is InChI=1S/C19H24N4O/c1-2-3-11-18(24)21-13-14-23-17-10-5-4-8-15(17)19(22-23)16-9-6-7-12-20-16/h2,6-7,9,12H,1,3-5,8,10-11,13-14H2,(H,21,24). The van der Waals surface area contributed by atoms with Gasteiger partial charge in [0.1, 0.15) is 5.69 Å². The van der Waals surface area contributed by atoms with Crippen LogP contribution in [-0.2, 0) is 24.2 Å². The first kappa shape index (κ1) is 16.4. The van der Waals surface area contributed by atoms with Crippen molar-refractivity contribution in [2.45, 2.75) is 45.1 Å². The molecule has 0 saturated carbocycles. The number of carbonyl (C=O) groups excluding carboxylic acids is 1. The Balaban J connectivity index is 1.73. The maximum atomic E-state index is 11.7. The number of aromatic nitrogens is 3. The maximum Gasteiger partial charge on any atom is 0.220 e. The van der Waals surface area contributed by atoms with E-state index in [4.69, 9.17) is 5.10 Å². The Morgan fingerprint density at radius 2 is 2.21 bits per heavy atom. The van der Waals surface area contributed by atoms with Gasteiger partial charge in [-0.1, -0.05) is 12.1 Å². The summed E-state index contributed by atoms with van der Waals surface area (Å²) in [4.78, 5) is 16.2. The Bertz CT molecular complexity index is 706. The third-order valence-corrected chi connectivity index (χ3v) is 4.39. The monoisotopic (exact) mass is 324 g/mol. The van der Waals surface area contributed by atoms with E-state index in [0.717, 1.165) is 24.2 Å². The minimum Gasteiger partial charge on any atom is -0.354 e. The summed E-state index contributed by atoms with van der Waals surface area (Å²) in [5, 5.41) is 7.77. The molecular weight excluding hydrogens is 300 g/mol. The second-order valence-corrected chi connectivity index (χ2v) is 6.10. The molecule has 126 valence electrons. The highest BCUT2D eigenvalue weighted by Gasteiger charge is 2.22. The number of pyridine rings is 1. The van der Waals surface area contributed by atoms with Crippen LogP contribution in [0.15, 0.2) is 37.1 Å². The average molecular weight is 324 g/mol. The average Bonchev–Trinajstić information content (AvgIpc) is 3.00. The number of carbonyl (C=O) groups is 1. The van der Waals surface area contributed by atoms with E-state index in [2.05, 4.69) is 21.6 Å². The quantitative estimate of drug-likeness (QED) is 0.797. The Labute approximate surface area is 142 Å². The van der Waals surface area contributed by atoms with Crippen LogP contribution in [0.1, 0.15) is 36.9 Å². The van der Waals surface area contributed by atoms with E-state index in [-0.39, 0.29) is 5.91 Å². The normalized spacial score (nSPS) is 13.3. The molecule has 1 aliphatic rings. The van der Waals surface area contributed by atoms with Crippen molar-refractivity contribution in [1.29, 1.82) is 0 Å². The molecule has 0 radical (unpaired) electrons. The van der Waals surface area contributed by atoms with Crippen molar-refractivity contribution in [3.05, 3.63) is 48.3 Å². The second-order valence-electron chi connectivity index (χ2n) is 6.10. The molecule has 2 heterocycles. The summed E-state index contributed by atoms with van der Waals surface area (Å²) in [6.07, 6.45) is 9.31. The minimum atomic E-state index is 0.0703. The summed E-state index contributed by atoms with van der Waals surface area (Å²) in [6, 6.07) is 5.93. The van der Waals surface area contributed by atoms with Crippen molar-refractivity contribution in [1.82, 2.24) is 20.1 Å². The lowest BCUT2D eigenvalue weighted by molar-refractivity contribution is -0.121. The van der Waals surface area contributed by atoms with Crippen LogP contribution in [0.4, 0.5) is 0 Å². The molecule has 0 aliphatic heterocycles. The van der Waals surface area contributed by atoms with Gasteiger partial charge < -0.3 is 5.32 Å². The summed E-state index contributed by atoms with van der Waals surface area (Å²) < 4.78 is 2.06. The van der Waals surface area contributed by atoms with Crippen molar-refractivity contribution in [3.8, 4) is 11.4 Å². The van der Waals surface area contributed by atoms with E-state index in [1.54, 1.807) is 6.08 Å². The Morgan fingerprint density at radius 3 is 3.00 bits per heavy atom.